The number of aliphatic hydroxyl groups is 1. The Labute approximate surface area is 157 Å². The van der Waals surface area contributed by atoms with E-state index in [0.717, 1.165) is 22.3 Å². The SMILES string of the molecule is CNCc1cc(F)ccc1O[C@@H]1C[C@@H](O)[C@H](n2ccc3c(C)ncnc32)C1. The molecule has 1 aliphatic carbocycles. The lowest BCUT2D eigenvalue weighted by molar-refractivity contribution is 0.127. The normalized spacial score (nSPS) is 22.4. The lowest BCUT2D eigenvalue weighted by Crippen LogP contribution is -2.17. The number of halogens is 1. The number of rotatable bonds is 5. The van der Waals surface area contributed by atoms with Crippen LogP contribution < -0.4 is 10.1 Å². The molecule has 1 aromatic carbocycles. The van der Waals surface area contributed by atoms with Crippen LogP contribution in [0.2, 0.25) is 0 Å². The van der Waals surface area contributed by atoms with Crippen LogP contribution in [0, 0.1) is 12.7 Å². The van der Waals surface area contributed by atoms with E-state index in [9.17, 15) is 9.50 Å². The van der Waals surface area contributed by atoms with Gasteiger partial charge >= 0.3 is 0 Å². The minimum Gasteiger partial charge on any atom is -0.490 e. The molecule has 1 aliphatic rings. The number of aromatic nitrogens is 3. The molecule has 6 nitrogen and oxygen atoms in total. The van der Waals surface area contributed by atoms with Gasteiger partial charge in [0.25, 0.3) is 0 Å². The summed E-state index contributed by atoms with van der Waals surface area (Å²) in [5, 5.41) is 14.7. The van der Waals surface area contributed by atoms with Gasteiger partial charge in [-0.15, -0.1) is 0 Å². The zero-order chi connectivity index (χ0) is 19.0. The number of hydrogen-bond donors (Lipinski definition) is 2. The third-order valence-electron chi connectivity index (χ3n) is 5.20. The van der Waals surface area contributed by atoms with Gasteiger partial charge in [0.1, 0.15) is 29.6 Å². The number of fused-ring (bicyclic) bond motifs is 1. The Morgan fingerprint density at radius 1 is 1.30 bits per heavy atom. The summed E-state index contributed by atoms with van der Waals surface area (Å²) >= 11 is 0. The van der Waals surface area contributed by atoms with Crippen LogP contribution in [-0.2, 0) is 6.54 Å². The highest BCUT2D eigenvalue weighted by Crippen LogP contribution is 2.36. The first-order valence-electron chi connectivity index (χ1n) is 9.12. The van der Waals surface area contributed by atoms with Gasteiger partial charge in [-0.05, 0) is 38.2 Å². The summed E-state index contributed by atoms with van der Waals surface area (Å²) in [5.74, 6) is 0.366. The van der Waals surface area contributed by atoms with Crippen molar-refractivity contribution < 1.29 is 14.2 Å². The summed E-state index contributed by atoms with van der Waals surface area (Å²) in [6.45, 7) is 2.47. The van der Waals surface area contributed by atoms with E-state index in [1.54, 1.807) is 12.4 Å². The smallest absolute Gasteiger partial charge is 0.143 e. The van der Waals surface area contributed by atoms with E-state index >= 15 is 0 Å². The molecule has 27 heavy (non-hydrogen) atoms. The summed E-state index contributed by atoms with van der Waals surface area (Å²) in [5.41, 5.74) is 2.51. The highest BCUT2D eigenvalue weighted by molar-refractivity contribution is 5.78. The average molecular weight is 370 g/mol. The lowest BCUT2D eigenvalue weighted by atomic mass is 10.2. The molecule has 1 fully saturated rings. The zero-order valence-corrected chi connectivity index (χ0v) is 15.4. The van der Waals surface area contributed by atoms with Gasteiger partial charge in [0.15, 0.2) is 0 Å². The Morgan fingerprint density at radius 3 is 2.96 bits per heavy atom. The first-order valence-corrected chi connectivity index (χ1v) is 9.12. The Bertz CT molecular complexity index is 958. The molecule has 0 bridgehead atoms. The highest BCUT2D eigenvalue weighted by atomic mass is 19.1. The molecule has 2 N–H and O–H groups in total. The van der Waals surface area contributed by atoms with Crippen molar-refractivity contribution in [1.29, 1.82) is 0 Å². The third kappa shape index (κ3) is 3.40. The summed E-state index contributed by atoms with van der Waals surface area (Å²) in [6, 6.07) is 6.40. The topological polar surface area (TPSA) is 72.2 Å². The van der Waals surface area contributed by atoms with Crippen LogP contribution in [0.5, 0.6) is 5.75 Å². The van der Waals surface area contributed by atoms with Gasteiger partial charge in [0.2, 0.25) is 0 Å². The molecule has 2 aromatic heterocycles. The van der Waals surface area contributed by atoms with Crippen LogP contribution in [0.1, 0.15) is 30.1 Å². The fourth-order valence-corrected chi connectivity index (χ4v) is 3.88. The minimum absolute atomic E-state index is 0.116. The number of aryl methyl sites for hydroxylation is 1. The van der Waals surface area contributed by atoms with E-state index in [1.165, 1.54) is 12.1 Å². The first kappa shape index (κ1) is 17.9. The number of nitrogens with zero attached hydrogens (tertiary/aromatic N) is 3. The van der Waals surface area contributed by atoms with Gasteiger partial charge < -0.3 is 19.7 Å². The summed E-state index contributed by atoms with van der Waals surface area (Å²) in [7, 11) is 1.81. The molecule has 0 spiro atoms. The molecule has 2 heterocycles. The number of nitrogens with one attached hydrogen (secondary N) is 1. The van der Waals surface area contributed by atoms with Gasteiger partial charge in [-0.25, -0.2) is 14.4 Å². The largest absolute Gasteiger partial charge is 0.490 e. The van der Waals surface area contributed by atoms with Gasteiger partial charge in [-0.1, -0.05) is 0 Å². The monoisotopic (exact) mass is 370 g/mol. The molecule has 0 saturated heterocycles. The van der Waals surface area contributed by atoms with Crippen molar-refractivity contribution in [3.8, 4) is 5.75 Å². The summed E-state index contributed by atoms with van der Waals surface area (Å²) < 4.78 is 21.7. The number of hydrogen-bond acceptors (Lipinski definition) is 5. The van der Waals surface area contributed by atoms with Gasteiger partial charge in [-0.2, -0.15) is 0 Å². The maximum Gasteiger partial charge on any atom is 0.143 e. The molecule has 142 valence electrons. The molecule has 3 atom stereocenters. The van der Waals surface area contributed by atoms with Crippen molar-refractivity contribution in [2.45, 2.75) is 44.6 Å². The molecule has 0 unspecified atom stereocenters. The van der Waals surface area contributed by atoms with Gasteiger partial charge in [0.05, 0.1) is 17.8 Å². The Balaban J connectivity index is 1.56. The molecule has 0 aliphatic heterocycles. The maximum absolute atomic E-state index is 13.5. The Hall–Kier alpha value is -2.51. The van der Waals surface area contributed by atoms with Crippen molar-refractivity contribution in [1.82, 2.24) is 19.9 Å². The van der Waals surface area contributed by atoms with E-state index in [1.807, 2.05) is 30.8 Å². The number of aliphatic hydroxyl groups excluding tert-OH is 1. The molecule has 0 amide bonds. The highest BCUT2D eigenvalue weighted by Gasteiger charge is 2.36. The molecule has 3 aromatic rings. The Morgan fingerprint density at radius 2 is 2.15 bits per heavy atom. The fraction of sp³-hybridized carbons (Fsp3) is 0.400. The predicted molar refractivity (Wildman–Crippen MR) is 100 cm³/mol. The van der Waals surface area contributed by atoms with Gasteiger partial charge in [-0.3, -0.25) is 0 Å². The number of ether oxygens (including phenoxy) is 1. The van der Waals surface area contributed by atoms with Crippen LogP contribution in [-0.4, -0.2) is 38.9 Å². The minimum atomic E-state index is -0.533. The molecule has 7 heteroatoms. The van der Waals surface area contributed by atoms with E-state index in [2.05, 4.69) is 15.3 Å². The summed E-state index contributed by atoms with van der Waals surface area (Å²) in [4.78, 5) is 8.61. The van der Waals surface area contributed by atoms with Crippen LogP contribution in [0.15, 0.2) is 36.8 Å². The first-order chi connectivity index (χ1) is 13.1. The van der Waals surface area contributed by atoms with Crippen LogP contribution >= 0.6 is 0 Å². The predicted octanol–water partition coefficient (Wildman–Crippen LogP) is 2.74. The Kier molecular flexibility index (Phi) is 4.80. The fourth-order valence-electron chi connectivity index (χ4n) is 3.88. The zero-order valence-electron chi connectivity index (χ0n) is 15.4. The van der Waals surface area contributed by atoms with Crippen molar-refractivity contribution in [3.63, 3.8) is 0 Å². The van der Waals surface area contributed by atoms with Gasteiger partial charge in [0, 0.05) is 36.5 Å². The second kappa shape index (κ2) is 7.25. The van der Waals surface area contributed by atoms with E-state index in [-0.39, 0.29) is 18.0 Å². The second-order valence-electron chi connectivity index (χ2n) is 7.05. The van der Waals surface area contributed by atoms with E-state index < -0.39 is 6.10 Å². The van der Waals surface area contributed by atoms with E-state index in [4.69, 9.17) is 4.74 Å². The van der Waals surface area contributed by atoms with Crippen LogP contribution in [0.3, 0.4) is 0 Å². The van der Waals surface area contributed by atoms with Crippen LogP contribution in [0.25, 0.3) is 11.0 Å². The quantitative estimate of drug-likeness (QED) is 0.723. The van der Waals surface area contributed by atoms with Crippen molar-refractivity contribution in [3.05, 3.63) is 53.9 Å². The van der Waals surface area contributed by atoms with Crippen molar-refractivity contribution >= 4 is 11.0 Å². The molecular weight excluding hydrogens is 347 g/mol. The standard InChI is InChI=1S/C20H23FN4O2/c1-12-16-5-6-25(20(16)24-11-23-12)17-8-15(9-18(17)26)27-19-4-3-14(21)7-13(19)10-22-2/h3-7,11,15,17-18,22,26H,8-10H2,1-2H3/t15-,17+,18+/m0/s1. The van der Waals surface area contributed by atoms with Crippen molar-refractivity contribution in [2.24, 2.45) is 0 Å². The van der Waals surface area contributed by atoms with Crippen LogP contribution in [0.4, 0.5) is 4.39 Å². The maximum atomic E-state index is 13.5. The van der Waals surface area contributed by atoms with Crippen molar-refractivity contribution in [2.75, 3.05) is 7.05 Å². The lowest BCUT2D eigenvalue weighted by Gasteiger charge is -2.18. The molecule has 1 saturated carbocycles. The molecular formula is C20H23FN4O2. The average Bonchev–Trinajstić information content (AvgIpc) is 3.21. The summed E-state index contributed by atoms with van der Waals surface area (Å²) in [6.07, 6.45) is 3.99. The second-order valence-corrected chi connectivity index (χ2v) is 7.05. The molecule has 4 rings (SSSR count). The van der Waals surface area contributed by atoms with E-state index in [0.29, 0.717) is 25.1 Å². The third-order valence-corrected chi connectivity index (χ3v) is 5.20. The molecule has 0 radical (unpaired) electrons. The number of benzene rings is 1.